The lowest BCUT2D eigenvalue weighted by atomic mass is 9.85. The third kappa shape index (κ3) is 6.76. The van der Waals surface area contributed by atoms with Crippen LogP contribution in [0, 0.1) is 11.6 Å². The van der Waals surface area contributed by atoms with Gasteiger partial charge in [0.05, 0.1) is 24.9 Å². The fraction of sp³-hybridized carbons (Fsp3) is 0.385. The second-order valence-corrected chi connectivity index (χ2v) is 9.70. The van der Waals surface area contributed by atoms with Gasteiger partial charge in [-0.3, -0.25) is 9.91 Å². The van der Waals surface area contributed by atoms with Crippen LogP contribution in [0.5, 0.6) is 0 Å². The van der Waals surface area contributed by atoms with E-state index in [4.69, 9.17) is 9.47 Å². The molecule has 0 saturated carbocycles. The summed E-state index contributed by atoms with van der Waals surface area (Å²) in [4.78, 5) is 29.7. The minimum absolute atomic E-state index is 0. The van der Waals surface area contributed by atoms with E-state index < -0.39 is 35.5 Å². The second kappa shape index (κ2) is 13.4. The molecule has 2 aliphatic heterocycles. The van der Waals surface area contributed by atoms with Gasteiger partial charge in [-0.05, 0) is 54.6 Å². The summed E-state index contributed by atoms with van der Waals surface area (Å²) in [6, 6.07) is 8.57. The lowest BCUT2D eigenvalue weighted by molar-refractivity contribution is -0.0601. The van der Waals surface area contributed by atoms with E-state index >= 15 is 4.39 Å². The van der Waals surface area contributed by atoms with Crippen LogP contribution in [0.4, 0.5) is 24.1 Å². The summed E-state index contributed by atoms with van der Waals surface area (Å²) in [6.45, 7) is 3.63. The molecule has 2 amide bonds. The lowest BCUT2D eigenvalue weighted by Gasteiger charge is -2.41. The van der Waals surface area contributed by atoms with Gasteiger partial charge in [-0.1, -0.05) is 6.07 Å². The van der Waals surface area contributed by atoms with Crippen molar-refractivity contribution in [2.45, 2.75) is 25.5 Å². The van der Waals surface area contributed by atoms with E-state index in [0.29, 0.717) is 24.0 Å². The van der Waals surface area contributed by atoms with Gasteiger partial charge in [0.25, 0.3) is 0 Å². The topological polar surface area (TPSA) is 142 Å². The number of tetrazole rings is 1. The van der Waals surface area contributed by atoms with Crippen molar-refractivity contribution >= 4 is 48.2 Å². The van der Waals surface area contributed by atoms with Crippen molar-refractivity contribution in [3.8, 4) is 5.69 Å². The molecule has 43 heavy (non-hydrogen) atoms. The number of aromatic nitrogens is 4. The molecule has 3 heterocycles. The summed E-state index contributed by atoms with van der Waals surface area (Å²) in [6.07, 6.45) is 2.00. The number of carbonyl (C=O) groups is 2. The smallest absolute Gasteiger partial charge is 0.435 e. The molecule has 2 aromatic carbocycles. The fourth-order valence-electron chi connectivity index (χ4n) is 4.93. The number of benzene rings is 2. The van der Waals surface area contributed by atoms with Gasteiger partial charge in [-0.25, -0.2) is 23.1 Å². The molecule has 2 atom stereocenters. The van der Waals surface area contributed by atoms with Crippen LogP contribution in [0.3, 0.4) is 0 Å². The number of ether oxygens (including phenoxy) is 2. The van der Waals surface area contributed by atoms with E-state index in [1.807, 2.05) is 0 Å². The molecular weight excluding hydrogens is 683 g/mol. The van der Waals surface area contributed by atoms with Gasteiger partial charge in [0.1, 0.15) is 36.6 Å². The Hall–Kier alpha value is -4.13. The second-order valence-electron chi connectivity index (χ2n) is 9.70. The molecule has 0 unspecified atom stereocenters. The highest BCUT2D eigenvalue weighted by Gasteiger charge is 2.47. The maximum Gasteiger partial charge on any atom is 0.509 e. The number of carbonyl (C=O) groups excluding carboxylic acids is 2. The van der Waals surface area contributed by atoms with Crippen molar-refractivity contribution in [1.29, 1.82) is 0 Å². The fourth-order valence-corrected chi connectivity index (χ4v) is 4.93. The van der Waals surface area contributed by atoms with Crippen LogP contribution in [-0.4, -0.2) is 104 Å². The summed E-state index contributed by atoms with van der Waals surface area (Å²) in [7, 11) is 0. The Morgan fingerprint density at radius 3 is 2.53 bits per heavy atom. The first-order chi connectivity index (χ1) is 20.2. The molecule has 2 aliphatic rings. The number of aliphatic hydroxyl groups is 1. The number of β-amino-alcohol motifs (C(OH)–C–C–N with tert-alkyl or cyclic N) is 1. The Balaban J connectivity index is 0.00000423. The van der Waals surface area contributed by atoms with E-state index in [9.17, 15) is 19.1 Å². The summed E-state index contributed by atoms with van der Waals surface area (Å²) in [5.74, 6) is -1.77. The van der Waals surface area contributed by atoms with Crippen LogP contribution >= 0.6 is 24.0 Å². The molecule has 1 aromatic heterocycles. The number of hydrazone groups is 1. The standard InChI is InChI=1S/C26H29F2N9O5.HI/c1-3-41-25(39)42-17-33-15-30-34(16-33)13-26(40,22-9-4-19(27)12-23(22)28)18(2)35-10-11-36(24(35)38)20-5-7-21(8-6-20)37-14-29-31-32-37;/h4-9,12,14-15,18,40H,3,10-11,13,16-17H2,1-2H3;1H/t18-,26-;/m1./s1. The van der Waals surface area contributed by atoms with E-state index in [0.717, 1.165) is 6.07 Å². The monoisotopic (exact) mass is 713 g/mol. The van der Waals surface area contributed by atoms with Gasteiger partial charge in [-0.15, -0.1) is 29.1 Å². The highest BCUT2D eigenvalue weighted by molar-refractivity contribution is 14.0. The molecular formula is C26H30F2IN9O5. The number of amides is 2. The molecule has 0 bridgehead atoms. The third-order valence-electron chi connectivity index (χ3n) is 7.13. The molecule has 1 saturated heterocycles. The van der Waals surface area contributed by atoms with E-state index in [2.05, 4.69) is 20.6 Å². The minimum atomic E-state index is -2.01. The molecule has 17 heteroatoms. The Bertz CT molecular complexity index is 1450. The Morgan fingerprint density at radius 1 is 1.12 bits per heavy atom. The van der Waals surface area contributed by atoms with Gasteiger partial charge in [0.2, 0.25) is 0 Å². The van der Waals surface area contributed by atoms with E-state index in [-0.39, 0.29) is 62.6 Å². The van der Waals surface area contributed by atoms with Crippen molar-refractivity contribution in [2.75, 3.05) is 44.5 Å². The maximum atomic E-state index is 15.2. The SMILES string of the molecule is CCOC(=O)OCN1C=NN(C[C@](O)(c2ccc(F)cc2F)[C@@H](C)N2CCN(c3ccc(-n4cnnn4)cc3)C2=O)C1.I. The quantitative estimate of drug-likeness (QED) is 0.246. The van der Waals surface area contributed by atoms with Gasteiger partial charge >= 0.3 is 12.2 Å². The molecule has 14 nitrogen and oxygen atoms in total. The molecule has 1 N–H and O–H groups in total. The van der Waals surface area contributed by atoms with Crippen molar-refractivity contribution < 1.29 is 33.0 Å². The first-order valence-electron chi connectivity index (χ1n) is 13.1. The van der Waals surface area contributed by atoms with E-state index in [1.165, 1.54) is 38.2 Å². The number of hydrogen-bond donors (Lipinski definition) is 1. The van der Waals surface area contributed by atoms with Crippen molar-refractivity contribution in [3.05, 3.63) is 66.0 Å². The maximum absolute atomic E-state index is 15.2. The van der Waals surface area contributed by atoms with Gasteiger partial charge in [0, 0.05) is 30.4 Å². The highest BCUT2D eigenvalue weighted by Crippen LogP contribution is 2.35. The van der Waals surface area contributed by atoms with Crippen LogP contribution < -0.4 is 4.90 Å². The Labute approximate surface area is 262 Å². The number of halogens is 3. The summed E-state index contributed by atoms with van der Waals surface area (Å²) < 4.78 is 40.2. The van der Waals surface area contributed by atoms with Crippen molar-refractivity contribution in [2.24, 2.45) is 5.10 Å². The van der Waals surface area contributed by atoms with Crippen LogP contribution in [0.25, 0.3) is 5.69 Å². The van der Waals surface area contributed by atoms with Crippen LogP contribution in [0.2, 0.25) is 0 Å². The zero-order valence-corrected chi connectivity index (χ0v) is 25.6. The third-order valence-corrected chi connectivity index (χ3v) is 7.13. The number of rotatable bonds is 10. The summed E-state index contributed by atoms with van der Waals surface area (Å²) in [5.41, 5.74) is -0.883. The molecule has 1 fully saturated rings. The summed E-state index contributed by atoms with van der Waals surface area (Å²) in [5, 5.41) is 28.8. The first kappa shape index (κ1) is 31.8. The van der Waals surface area contributed by atoms with Crippen molar-refractivity contribution in [3.63, 3.8) is 0 Å². The average Bonchev–Trinajstić information content (AvgIpc) is 3.74. The predicted molar refractivity (Wildman–Crippen MR) is 159 cm³/mol. The molecule has 230 valence electrons. The number of hydrogen-bond acceptors (Lipinski definition) is 11. The van der Waals surface area contributed by atoms with Gasteiger partial charge < -0.3 is 24.4 Å². The minimum Gasteiger partial charge on any atom is -0.435 e. The molecule has 0 spiro atoms. The summed E-state index contributed by atoms with van der Waals surface area (Å²) >= 11 is 0. The molecule has 0 aliphatic carbocycles. The highest BCUT2D eigenvalue weighted by atomic mass is 127. The zero-order chi connectivity index (χ0) is 29.9. The van der Waals surface area contributed by atoms with Gasteiger partial charge in [0.15, 0.2) is 6.73 Å². The predicted octanol–water partition coefficient (Wildman–Crippen LogP) is 2.73. The number of anilines is 1. The molecule has 5 rings (SSSR count). The zero-order valence-electron chi connectivity index (χ0n) is 23.3. The average molecular weight is 713 g/mol. The number of urea groups is 1. The normalized spacial score (nSPS) is 16.7. The largest absolute Gasteiger partial charge is 0.509 e. The van der Waals surface area contributed by atoms with E-state index in [1.54, 1.807) is 43.0 Å². The van der Waals surface area contributed by atoms with Crippen molar-refractivity contribution in [1.82, 2.24) is 35.0 Å². The Kier molecular flexibility index (Phi) is 9.95. The molecule has 0 radical (unpaired) electrons. The number of nitrogens with zero attached hydrogens (tertiary/aromatic N) is 9. The molecule has 3 aromatic rings. The van der Waals surface area contributed by atoms with Crippen LogP contribution in [0.15, 0.2) is 53.9 Å². The van der Waals surface area contributed by atoms with Crippen LogP contribution in [0.1, 0.15) is 19.4 Å². The lowest BCUT2D eigenvalue weighted by Crippen LogP contribution is -2.55. The van der Waals surface area contributed by atoms with Gasteiger partial charge in [-0.2, -0.15) is 5.10 Å². The van der Waals surface area contributed by atoms with Crippen LogP contribution in [-0.2, 0) is 15.1 Å². The Morgan fingerprint density at radius 2 is 1.86 bits per heavy atom. The first-order valence-corrected chi connectivity index (χ1v) is 13.1.